The molecule has 2 aromatic rings. The predicted molar refractivity (Wildman–Crippen MR) is 155 cm³/mol. The monoisotopic (exact) mass is 526 g/mol. The highest BCUT2D eigenvalue weighted by Crippen LogP contribution is 2.39. The van der Waals surface area contributed by atoms with Crippen LogP contribution in [0.2, 0.25) is 0 Å². The smallest absolute Gasteiger partial charge is 0.247 e. The van der Waals surface area contributed by atoms with E-state index in [4.69, 9.17) is 10.2 Å². The Morgan fingerprint density at radius 1 is 1.22 bits per heavy atom. The summed E-state index contributed by atoms with van der Waals surface area (Å²) in [6.07, 6.45) is 17.0. The van der Waals surface area contributed by atoms with Gasteiger partial charge in [0.15, 0.2) is 0 Å². The van der Waals surface area contributed by atoms with Crippen molar-refractivity contribution in [1.29, 1.82) is 0 Å². The molecule has 1 aromatic heterocycles. The van der Waals surface area contributed by atoms with E-state index >= 15 is 0 Å². The molecule has 0 bridgehead atoms. The SMILES string of the molecule is C=C/C=C\C=C\C[C@@](C)(N)c1nnc(-c2cc(/C=C\C3CC3C)cc(N(CCC)S(C)(=O)=O)c2)o1.CC. The normalized spacial score (nSPS) is 19.1. The Morgan fingerprint density at radius 3 is 2.51 bits per heavy atom. The fraction of sp³-hybridized carbons (Fsp3) is 0.448. The van der Waals surface area contributed by atoms with E-state index in [9.17, 15) is 8.42 Å². The lowest BCUT2D eigenvalue weighted by Gasteiger charge is -2.22. The van der Waals surface area contributed by atoms with Crippen molar-refractivity contribution in [1.82, 2.24) is 10.2 Å². The van der Waals surface area contributed by atoms with E-state index in [1.54, 1.807) is 12.1 Å². The maximum absolute atomic E-state index is 12.5. The van der Waals surface area contributed by atoms with Crippen LogP contribution >= 0.6 is 0 Å². The van der Waals surface area contributed by atoms with E-state index < -0.39 is 15.6 Å². The molecule has 1 aliphatic rings. The first-order valence-electron chi connectivity index (χ1n) is 12.9. The Morgan fingerprint density at radius 2 is 1.92 bits per heavy atom. The number of hydrogen-bond acceptors (Lipinski definition) is 6. The van der Waals surface area contributed by atoms with Crippen molar-refractivity contribution in [2.24, 2.45) is 17.6 Å². The number of aromatic nitrogens is 2. The molecule has 3 rings (SSSR count). The third-order valence-electron chi connectivity index (χ3n) is 5.96. The molecule has 202 valence electrons. The number of rotatable bonds is 12. The van der Waals surface area contributed by atoms with Crippen LogP contribution in [0.25, 0.3) is 17.5 Å². The molecule has 37 heavy (non-hydrogen) atoms. The summed E-state index contributed by atoms with van der Waals surface area (Å²) >= 11 is 0. The summed E-state index contributed by atoms with van der Waals surface area (Å²) in [6.45, 7) is 14.0. The van der Waals surface area contributed by atoms with E-state index in [2.05, 4.69) is 29.8 Å². The van der Waals surface area contributed by atoms with Gasteiger partial charge >= 0.3 is 0 Å². The van der Waals surface area contributed by atoms with E-state index in [0.717, 1.165) is 5.56 Å². The Bertz CT molecular complexity index is 1230. The Hall–Kier alpha value is -2.97. The number of nitrogens with two attached hydrogens (primary N) is 1. The van der Waals surface area contributed by atoms with Gasteiger partial charge in [-0.15, -0.1) is 10.2 Å². The van der Waals surface area contributed by atoms with Crippen LogP contribution in [-0.2, 0) is 15.6 Å². The van der Waals surface area contributed by atoms with Crippen molar-refractivity contribution in [3.05, 3.63) is 72.7 Å². The zero-order valence-electron chi connectivity index (χ0n) is 23.0. The largest absolute Gasteiger partial charge is 0.419 e. The minimum absolute atomic E-state index is 0.299. The molecule has 8 heteroatoms. The molecule has 1 fully saturated rings. The van der Waals surface area contributed by atoms with E-state index in [1.165, 1.54) is 17.0 Å². The fourth-order valence-electron chi connectivity index (χ4n) is 3.73. The first-order chi connectivity index (χ1) is 17.5. The number of sulfonamides is 1. The van der Waals surface area contributed by atoms with Crippen LogP contribution in [0.4, 0.5) is 5.69 Å². The maximum Gasteiger partial charge on any atom is 0.247 e. The van der Waals surface area contributed by atoms with Crippen LogP contribution in [0.5, 0.6) is 0 Å². The first-order valence-corrected chi connectivity index (χ1v) is 14.8. The minimum Gasteiger partial charge on any atom is -0.419 e. The van der Waals surface area contributed by atoms with Crippen molar-refractivity contribution in [2.75, 3.05) is 17.1 Å². The van der Waals surface area contributed by atoms with Crippen LogP contribution in [0.1, 0.15) is 65.3 Å². The van der Waals surface area contributed by atoms with E-state index in [-0.39, 0.29) is 0 Å². The minimum atomic E-state index is -3.46. The summed E-state index contributed by atoms with van der Waals surface area (Å²) in [6, 6.07) is 5.60. The van der Waals surface area contributed by atoms with Gasteiger partial charge in [0.25, 0.3) is 0 Å². The van der Waals surface area contributed by atoms with Gasteiger partial charge in [0.2, 0.25) is 21.8 Å². The summed E-state index contributed by atoms with van der Waals surface area (Å²) in [5.41, 5.74) is 7.71. The van der Waals surface area contributed by atoms with Crippen LogP contribution < -0.4 is 10.0 Å². The molecule has 3 atom stereocenters. The third kappa shape index (κ3) is 8.83. The van der Waals surface area contributed by atoms with Crippen LogP contribution in [0.3, 0.4) is 0 Å². The molecule has 1 aromatic carbocycles. The van der Waals surface area contributed by atoms with Gasteiger partial charge in [-0.2, -0.15) is 0 Å². The average molecular weight is 527 g/mol. The maximum atomic E-state index is 12.5. The van der Waals surface area contributed by atoms with Gasteiger partial charge in [0.05, 0.1) is 17.5 Å². The summed E-state index contributed by atoms with van der Waals surface area (Å²) in [4.78, 5) is 0. The van der Waals surface area contributed by atoms with Gasteiger partial charge in [0, 0.05) is 12.1 Å². The molecule has 1 heterocycles. The average Bonchev–Trinajstić information content (AvgIpc) is 3.33. The quantitative estimate of drug-likeness (QED) is 0.318. The molecule has 0 radical (unpaired) electrons. The number of allylic oxidation sites excluding steroid dienone is 5. The predicted octanol–water partition coefficient (Wildman–Crippen LogP) is 6.47. The van der Waals surface area contributed by atoms with Gasteiger partial charge < -0.3 is 10.2 Å². The third-order valence-corrected chi connectivity index (χ3v) is 7.15. The second-order valence-electron chi connectivity index (χ2n) is 9.47. The van der Waals surface area contributed by atoms with Gasteiger partial charge in [-0.3, -0.25) is 4.31 Å². The fourth-order valence-corrected chi connectivity index (χ4v) is 4.74. The zero-order chi connectivity index (χ0) is 27.6. The lowest BCUT2D eigenvalue weighted by molar-refractivity contribution is 0.360. The van der Waals surface area contributed by atoms with Crippen molar-refractivity contribution in [3.63, 3.8) is 0 Å². The summed E-state index contributed by atoms with van der Waals surface area (Å²) in [5.74, 6) is 1.86. The van der Waals surface area contributed by atoms with Gasteiger partial charge in [-0.1, -0.05) is 76.8 Å². The molecular formula is C29H42N4O3S. The summed E-state index contributed by atoms with van der Waals surface area (Å²) < 4.78 is 32.5. The zero-order valence-corrected chi connectivity index (χ0v) is 23.8. The Kier molecular flexibility index (Phi) is 11.1. The van der Waals surface area contributed by atoms with Crippen molar-refractivity contribution in [2.45, 2.75) is 59.4 Å². The lowest BCUT2D eigenvalue weighted by atomic mass is 9.99. The van der Waals surface area contributed by atoms with Crippen molar-refractivity contribution < 1.29 is 12.8 Å². The van der Waals surface area contributed by atoms with Crippen molar-refractivity contribution in [3.8, 4) is 11.5 Å². The highest BCUT2D eigenvalue weighted by molar-refractivity contribution is 7.92. The molecule has 0 amide bonds. The van der Waals surface area contributed by atoms with Gasteiger partial charge in [-0.05, 0) is 61.8 Å². The number of benzene rings is 1. The molecule has 0 aliphatic heterocycles. The number of anilines is 1. The van der Waals surface area contributed by atoms with Crippen LogP contribution in [-0.4, -0.2) is 31.4 Å². The number of nitrogens with zero attached hydrogens (tertiary/aromatic N) is 3. The molecule has 1 saturated carbocycles. The van der Waals surface area contributed by atoms with E-state index in [0.29, 0.717) is 54.3 Å². The van der Waals surface area contributed by atoms with Gasteiger partial charge in [0.1, 0.15) is 0 Å². The summed E-state index contributed by atoms with van der Waals surface area (Å²) in [7, 11) is -3.46. The lowest BCUT2D eigenvalue weighted by Crippen LogP contribution is -2.32. The van der Waals surface area contributed by atoms with Crippen molar-refractivity contribution >= 4 is 21.8 Å². The Balaban J connectivity index is 0.00000235. The molecule has 0 saturated heterocycles. The second kappa shape index (κ2) is 13.5. The molecule has 1 aliphatic carbocycles. The molecule has 2 unspecified atom stereocenters. The molecule has 7 nitrogen and oxygen atoms in total. The van der Waals surface area contributed by atoms with Crippen LogP contribution in [0.15, 0.2) is 65.7 Å². The highest BCUT2D eigenvalue weighted by atomic mass is 32.2. The van der Waals surface area contributed by atoms with E-state index in [1.807, 2.05) is 70.2 Å². The van der Waals surface area contributed by atoms with Gasteiger partial charge in [-0.25, -0.2) is 8.42 Å². The molecular weight excluding hydrogens is 484 g/mol. The highest BCUT2D eigenvalue weighted by Gasteiger charge is 2.30. The Labute approximate surface area is 222 Å². The number of hydrogen-bond donors (Lipinski definition) is 1. The molecule has 2 N–H and O–H groups in total. The second-order valence-corrected chi connectivity index (χ2v) is 11.4. The molecule has 0 spiro atoms. The summed E-state index contributed by atoms with van der Waals surface area (Å²) in [5, 5.41) is 8.44. The standard InChI is InChI=1S/C27H36N4O3S.C2H6/c1-6-8-9-10-11-14-27(4,28)26-30-29-25(34-26)23-17-21(12-13-22-16-20(22)3)18-24(19-23)31(15-7-2)35(5,32)33;1-2/h6,8-13,17-20,22H,1,7,14-16,28H2,2-5H3;1-2H3/b9-8-,11-10+,13-12-;/t20?,22?,27-;/m1./s1. The first kappa shape index (κ1) is 30.3. The topological polar surface area (TPSA) is 102 Å². The van der Waals surface area contributed by atoms with Crippen LogP contribution in [0, 0.1) is 11.8 Å².